The summed E-state index contributed by atoms with van der Waals surface area (Å²) in [5.74, 6) is 1.15. The quantitative estimate of drug-likeness (QED) is 0.907. The Morgan fingerprint density at radius 3 is 2.45 bits per heavy atom. The highest BCUT2D eigenvalue weighted by Crippen LogP contribution is 2.27. The molecule has 1 fully saturated rings. The molecule has 0 bridgehead atoms. The van der Waals surface area contributed by atoms with E-state index >= 15 is 0 Å². The molecule has 1 aromatic rings. The molecular formula is C15H22N2O3. The van der Waals surface area contributed by atoms with Gasteiger partial charge in [0, 0.05) is 11.6 Å². The van der Waals surface area contributed by atoms with Crippen molar-refractivity contribution >= 4 is 5.91 Å². The summed E-state index contributed by atoms with van der Waals surface area (Å²) in [5, 5.41) is 3.08. The van der Waals surface area contributed by atoms with Crippen LogP contribution in [0.15, 0.2) is 18.2 Å². The van der Waals surface area contributed by atoms with E-state index in [0.29, 0.717) is 17.1 Å². The van der Waals surface area contributed by atoms with Gasteiger partial charge in [-0.15, -0.1) is 0 Å². The first kappa shape index (κ1) is 14.7. The normalized spacial score (nSPS) is 16.8. The Morgan fingerprint density at radius 1 is 1.20 bits per heavy atom. The third-order valence-electron chi connectivity index (χ3n) is 3.70. The fourth-order valence-electron chi connectivity index (χ4n) is 2.40. The van der Waals surface area contributed by atoms with Crippen molar-refractivity contribution in [3.8, 4) is 11.5 Å². The van der Waals surface area contributed by atoms with Crippen LogP contribution >= 0.6 is 0 Å². The molecule has 1 aliphatic heterocycles. The van der Waals surface area contributed by atoms with E-state index in [0.717, 1.165) is 25.9 Å². The van der Waals surface area contributed by atoms with Crippen LogP contribution in [0.25, 0.3) is 0 Å². The zero-order chi connectivity index (χ0) is 14.5. The predicted molar refractivity (Wildman–Crippen MR) is 77.5 cm³/mol. The summed E-state index contributed by atoms with van der Waals surface area (Å²) >= 11 is 0. The summed E-state index contributed by atoms with van der Waals surface area (Å²) in [4.78, 5) is 14.5. The molecule has 1 amide bonds. The molecule has 0 atom stereocenters. The van der Waals surface area contributed by atoms with E-state index in [-0.39, 0.29) is 11.9 Å². The SMILES string of the molecule is COc1ccc(C(=O)NC2CCN(C)CC2)cc1OC. The molecular weight excluding hydrogens is 256 g/mol. The van der Waals surface area contributed by atoms with Gasteiger partial charge in [0.25, 0.3) is 5.91 Å². The number of likely N-dealkylation sites (tertiary alicyclic amines) is 1. The maximum atomic E-state index is 12.2. The van der Waals surface area contributed by atoms with Gasteiger partial charge in [0.05, 0.1) is 14.2 Å². The first-order valence-corrected chi connectivity index (χ1v) is 6.85. The van der Waals surface area contributed by atoms with Gasteiger partial charge in [-0.25, -0.2) is 0 Å². The van der Waals surface area contributed by atoms with Crippen LogP contribution in [0.1, 0.15) is 23.2 Å². The van der Waals surface area contributed by atoms with E-state index in [4.69, 9.17) is 9.47 Å². The van der Waals surface area contributed by atoms with Crippen molar-refractivity contribution in [1.29, 1.82) is 0 Å². The number of nitrogens with one attached hydrogen (secondary N) is 1. The lowest BCUT2D eigenvalue weighted by molar-refractivity contribution is 0.0916. The van der Waals surface area contributed by atoms with Crippen LogP contribution in [0.4, 0.5) is 0 Å². The summed E-state index contributed by atoms with van der Waals surface area (Å²) in [6.45, 7) is 2.05. The van der Waals surface area contributed by atoms with Gasteiger partial charge in [0.1, 0.15) is 0 Å². The van der Waals surface area contributed by atoms with Crippen LogP contribution < -0.4 is 14.8 Å². The first-order valence-electron chi connectivity index (χ1n) is 6.85. The number of methoxy groups -OCH3 is 2. The largest absolute Gasteiger partial charge is 0.493 e. The molecule has 0 saturated carbocycles. The van der Waals surface area contributed by atoms with E-state index in [1.807, 2.05) is 0 Å². The second kappa shape index (κ2) is 6.61. The molecule has 1 N–H and O–H groups in total. The molecule has 2 rings (SSSR count). The summed E-state index contributed by atoms with van der Waals surface area (Å²) in [6.07, 6.45) is 1.99. The van der Waals surface area contributed by atoms with E-state index in [1.54, 1.807) is 32.4 Å². The molecule has 110 valence electrons. The Balaban J connectivity index is 2.02. The fraction of sp³-hybridized carbons (Fsp3) is 0.533. The van der Waals surface area contributed by atoms with Gasteiger partial charge in [-0.1, -0.05) is 0 Å². The molecule has 0 radical (unpaired) electrons. The number of hydrogen-bond acceptors (Lipinski definition) is 4. The number of ether oxygens (including phenoxy) is 2. The third-order valence-corrected chi connectivity index (χ3v) is 3.70. The van der Waals surface area contributed by atoms with Gasteiger partial charge in [0.15, 0.2) is 11.5 Å². The lowest BCUT2D eigenvalue weighted by atomic mass is 10.0. The summed E-state index contributed by atoms with van der Waals surface area (Å²) < 4.78 is 10.4. The highest BCUT2D eigenvalue weighted by Gasteiger charge is 2.19. The topological polar surface area (TPSA) is 50.8 Å². The van der Waals surface area contributed by atoms with Crippen molar-refractivity contribution in [2.45, 2.75) is 18.9 Å². The second-order valence-electron chi connectivity index (χ2n) is 5.12. The monoisotopic (exact) mass is 278 g/mol. The Bertz CT molecular complexity index is 468. The van der Waals surface area contributed by atoms with Crippen LogP contribution in [0.5, 0.6) is 11.5 Å². The summed E-state index contributed by atoms with van der Waals surface area (Å²) in [7, 11) is 5.25. The van der Waals surface area contributed by atoms with Crippen LogP contribution in [0.2, 0.25) is 0 Å². The van der Waals surface area contributed by atoms with Crippen LogP contribution in [-0.2, 0) is 0 Å². The summed E-state index contributed by atoms with van der Waals surface area (Å²) in [6, 6.07) is 5.48. The lowest BCUT2D eigenvalue weighted by Gasteiger charge is -2.29. The second-order valence-corrected chi connectivity index (χ2v) is 5.12. The molecule has 0 unspecified atom stereocenters. The average molecular weight is 278 g/mol. The van der Waals surface area contributed by atoms with Crippen LogP contribution in [-0.4, -0.2) is 51.2 Å². The lowest BCUT2D eigenvalue weighted by Crippen LogP contribution is -2.43. The number of piperidine rings is 1. The Morgan fingerprint density at radius 2 is 1.85 bits per heavy atom. The number of rotatable bonds is 4. The molecule has 1 heterocycles. The molecule has 1 aromatic carbocycles. The van der Waals surface area contributed by atoms with Crippen molar-refractivity contribution < 1.29 is 14.3 Å². The van der Waals surface area contributed by atoms with Gasteiger partial charge >= 0.3 is 0 Å². The highest BCUT2D eigenvalue weighted by molar-refractivity contribution is 5.95. The number of carbonyl (C=O) groups is 1. The number of hydrogen-bond donors (Lipinski definition) is 1. The maximum absolute atomic E-state index is 12.2. The average Bonchev–Trinajstić information content (AvgIpc) is 2.48. The zero-order valence-corrected chi connectivity index (χ0v) is 12.3. The van der Waals surface area contributed by atoms with Gasteiger partial charge in [-0.2, -0.15) is 0 Å². The van der Waals surface area contributed by atoms with E-state index in [1.165, 1.54) is 0 Å². The standard InChI is InChI=1S/C15H22N2O3/c1-17-8-6-12(7-9-17)16-15(18)11-4-5-13(19-2)14(10-11)20-3/h4-5,10,12H,6-9H2,1-3H3,(H,16,18). The van der Waals surface area contributed by atoms with Gasteiger partial charge in [-0.05, 0) is 51.2 Å². The number of benzene rings is 1. The zero-order valence-electron chi connectivity index (χ0n) is 12.3. The van der Waals surface area contributed by atoms with Gasteiger partial charge in [0.2, 0.25) is 0 Å². The molecule has 0 aromatic heterocycles. The minimum absolute atomic E-state index is 0.0551. The summed E-state index contributed by atoms with van der Waals surface area (Å²) in [5.41, 5.74) is 0.599. The smallest absolute Gasteiger partial charge is 0.251 e. The number of nitrogens with zero attached hydrogens (tertiary/aromatic N) is 1. The minimum Gasteiger partial charge on any atom is -0.493 e. The molecule has 0 spiro atoms. The molecule has 0 aliphatic carbocycles. The molecule has 20 heavy (non-hydrogen) atoms. The van der Waals surface area contributed by atoms with Crippen molar-refractivity contribution in [2.24, 2.45) is 0 Å². The van der Waals surface area contributed by atoms with Crippen molar-refractivity contribution in [1.82, 2.24) is 10.2 Å². The molecule has 5 nitrogen and oxygen atoms in total. The molecule has 1 aliphatic rings. The van der Waals surface area contributed by atoms with Gasteiger partial charge < -0.3 is 19.7 Å². The number of carbonyl (C=O) groups excluding carboxylic acids is 1. The van der Waals surface area contributed by atoms with Gasteiger partial charge in [-0.3, -0.25) is 4.79 Å². The minimum atomic E-state index is -0.0551. The van der Waals surface area contributed by atoms with Crippen molar-refractivity contribution in [2.75, 3.05) is 34.4 Å². The number of amides is 1. The molecule has 1 saturated heterocycles. The molecule has 5 heteroatoms. The fourth-order valence-corrected chi connectivity index (χ4v) is 2.40. The van der Waals surface area contributed by atoms with E-state index < -0.39 is 0 Å². The maximum Gasteiger partial charge on any atom is 0.251 e. The first-order chi connectivity index (χ1) is 9.63. The third kappa shape index (κ3) is 3.42. The Labute approximate surface area is 119 Å². The van der Waals surface area contributed by atoms with E-state index in [9.17, 15) is 4.79 Å². The van der Waals surface area contributed by atoms with Crippen LogP contribution in [0.3, 0.4) is 0 Å². The van der Waals surface area contributed by atoms with Crippen molar-refractivity contribution in [3.63, 3.8) is 0 Å². The predicted octanol–water partition coefficient (Wildman–Crippen LogP) is 1.53. The van der Waals surface area contributed by atoms with Crippen LogP contribution in [0, 0.1) is 0 Å². The van der Waals surface area contributed by atoms with E-state index in [2.05, 4.69) is 17.3 Å². The van der Waals surface area contributed by atoms with Crippen molar-refractivity contribution in [3.05, 3.63) is 23.8 Å². The Hall–Kier alpha value is -1.75. The highest BCUT2D eigenvalue weighted by atomic mass is 16.5. The Kier molecular flexibility index (Phi) is 4.84.